The molecule has 2 fully saturated rings. The Hall–Kier alpha value is -3.30. The standard InChI is InChI=1S/C22H21ClN6O3/c23-16-6-7-18(29-12-25-26-27-29)14(8-16)10-24-21(31)19-17-9-15(17)11-28(19)22(32)20(30)13-4-2-1-3-5-13/h1-8,12,15,17,19-20,30H,9-11H2,(H,24,31)/t15-,17-,19+,20-/m1/s1. The highest BCUT2D eigenvalue weighted by Crippen LogP contribution is 2.50. The molecule has 2 aromatic carbocycles. The Morgan fingerprint density at radius 2 is 2.03 bits per heavy atom. The van der Waals surface area contributed by atoms with Crippen molar-refractivity contribution in [1.29, 1.82) is 0 Å². The summed E-state index contributed by atoms with van der Waals surface area (Å²) >= 11 is 6.15. The number of hydrogen-bond acceptors (Lipinski definition) is 6. The number of rotatable bonds is 6. The van der Waals surface area contributed by atoms with E-state index in [-0.39, 0.29) is 18.4 Å². The van der Waals surface area contributed by atoms with Crippen LogP contribution in [-0.2, 0) is 16.1 Å². The molecule has 1 aliphatic heterocycles. The Bertz CT molecular complexity index is 1140. The normalized spacial score (nSPS) is 22.3. The first kappa shape index (κ1) is 20.6. The molecule has 0 unspecified atom stereocenters. The van der Waals surface area contributed by atoms with Gasteiger partial charge in [0.15, 0.2) is 6.10 Å². The third kappa shape index (κ3) is 3.85. The monoisotopic (exact) mass is 452 g/mol. The van der Waals surface area contributed by atoms with Crippen LogP contribution in [0, 0.1) is 11.8 Å². The predicted octanol–water partition coefficient (Wildman–Crippen LogP) is 1.51. The van der Waals surface area contributed by atoms with Gasteiger partial charge in [-0.15, -0.1) is 5.10 Å². The zero-order valence-electron chi connectivity index (χ0n) is 17.0. The van der Waals surface area contributed by atoms with Gasteiger partial charge in [0.05, 0.1) is 5.69 Å². The Kier molecular flexibility index (Phi) is 5.36. The molecular weight excluding hydrogens is 432 g/mol. The summed E-state index contributed by atoms with van der Waals surface area (Å²) in [5.74, 6) is -0.257. The first-order valence-corrected chi connectivity index (χ1v) is 10.7. The number of halogens is 1. The molecule has 9 nitrogen and oxygen atoms in total. The van der Waals surface area contributed by atoms with Crippen molar-refractivity contribution in [2.24, 2.45) is 11.8 Å². The van der Waals surface area contributed by atoms with Crippen molar-refractivity contribution in [3.8, 4) is 5.69 Å². The molecule has 164 valence electrons. The summed E-state index contributed by atoms with van der Waals surface area (Å²) in [7, 11) is 0. The minimum atomic E-state index is -1.29. The van der Waals surface area contributed by atoms with Gasteiger partial charge in [-0.1, -0.05) is 41.9 Å². The van der Waals surface area contributed by atoms with Gasteiger partial charge in [-0.2, -0.15) is 0 Å². The lowest BCUT2D eigenvalue weighted by molar-refractivity contribution is -0.146. The van der Waals surface area contributed by atoms with Gasteiger partial charge >= 0.3 is 0 Å². The zero-order valence-corrected chi connectivity index (χ0v) is 17.8. The average Bonchev–Trinajstić information content (AvgIpc) is 3.21. The van der Waals surface area contributed by atoms with Crippen LogP contribution >= 0.6 is 11.6 Å². The number of nitrogens with one attached hydrogen (secondary N) is 1. The number of tetrazole rings is 1. The smallest absolute Gasteiger partial charge is 0.256 e. The van der Waals surface area contributed by atoms with E-state index in [9.17, 15) is 14.7 Å². The van der Waals surface area contributed by atoms with E-state index in [2.05, 4.69) is 20.8 Å². The number of likely N-dealkylation sites (tertiary alicyclic amines) is 1. The van der Waals surface area contributed by atoms with Gasteiger partial charge in [0.25, 0.3) is 5.91 Å². The lowest BCUT2D eigenvalue weighted by Gasteiger charge is -2.29. The van der Waals surface area contributed by atoms with E-state index in [4.69, 9.17) is 11.6 Å². The maximum Gasteiger partial charge on any atom is 0.256 e. The van der Waals surface area contributed by atoms with Gasteiger partial charge in [-0.25, -0.2) is 4.68 Å². The summed E-state index contributed by atoms with van der Waals surface area (Å²) in [6.07, 6.45) is 1.09. The summed E-state index contributed by atoms with van der Waals surface area (Å²) in [4.78, 5) is 27.7. The van der Waals surface area contributed by atoms with E-state index in [1.165, 1.54) is 15.9 Å². The number of aromatic nitrogens is 4. The predicted molar refractivity (Wildman–Crippen MR) is 115 cm³/mol. The molecule has 1 saturated carbocycles. The lowest BCUT2D eigenvalue weighted by Crippen LogP contribution is -2.49. The molecule has 2 amide bonds. The number of carbonyl (C=O) groups is 2. The molecule has 4 atom stereocenters. The molecule has 0 bridgehead atoms. The second kappa shape index (κ2) is 8.33. The Balaban J connectivity index is 1.31. The third-order valence-electron chi connectivity index (χ3n) is 6.14. The first-order chi connectivity index (χ1) is 15.5. The number of hydrogen-bond donors (Lipinski definition) is 2. The van der Waals surface area contributed by atoms with E-state index in [1.54, 1.807) is 42.5 Å². The zero-order chi connectivity index (χ0) is 22.2. The summed E-state index contributed by atoms with van der Waals surface area (Å²) in [5.41, 5.74) is 1.95. The van der Waals surface area contributed by atoms with Crippen molar-refractivity contribution in [2.75, 3.05) is 6.54 Å². The van der Waals surface area contributed by atoms with Crippen molar-refractivity contribution in [3.05, 3.63) is 71.0 Å². The van der Waals surface area contributed by atoms with Crippen LogP contribution in [0.1, 0.15) is 23.7 Å². The molecule has 10 heteroatoms. The molecule has 2 aliphatic rings. The number of aliphatic hydroxyl groups is 1. The van der Waals surface area contributed by atoms with E-state index >= 15 is 0 Å². The minimum absolute atomic E-state index is 0.125. The van der Waals surface area contributed by atoms with E-state index < -0.39 is 18.1 Å². The second-order valence-corrected chi connectivity index (χ2v) is 8.59. The molecule has 2 N–H and O–H groups in total. The van der Waals surface area contributed by atoms with Crippen LogP contribution in [0.5, 0.6) is 0 Å². The molecule has 1 aliphatic carbocycles. The van der Waals surface area contributed by atoms with Crippen molar-refractivity contribution >= 4 is 23.4 Å². The molecule has 1 saturated heterocycles. The number of benzene rings is 2. The fourth-order valence-corrected chi connectivity index (χ4v) is 4.64. The van der Waals surface area contributed by atoms with Crippen LogP contribution in [0.3, 0.4) is 0 Å². The Morgan fingerprint density at radius 1 is 1.22 bits per heavy atom. The molecule has 0 spiro atoms. The number of piperidine rings is 1. The minimum Gasteiger partial charge on any atom is -0.378 e. The SMILES string of the molecule is O=C(NCc1cc(Cl)ccc1-n1cnnn1)[C@@H]1[C@@H]2C[C@@H]2CN1C(=O)[C@H](O)c1ccccc1. The highest BCUT2D eigenvalue weighted by Gasteiger charge is 2.57. The van der Waals surface area contributed by atoms with Crippen LogP contribution < -0.4 is 5.32 Å². The van der Waals surface area contributed by atoms with Crippen LogP contribution in [0.15, 0.2) is 54.9 Å². The molecule has 1 aromatic heterocycles. The van der Waals surface area contributed by atoms with Gasteiger partial charge in [-0.05, 0) is 58.0 Å². The maximum absolute atomic E-state index is 13.1. The second-order valence-electron chi connectivity index (χ2n) is 8.15. The Labute approximate surface area is 189 Å². The molecule has 3 aromatic rings. The summed E-state index contributed by atoms with van der Waals surface area (Å²) in [5, 5.41) is 25.2. The van der Waals surface area contributed by atoms with Crippen molar-refractivity contribution in [2.45, 2.75) is 25.1 Å². The summed E-state index contributed by atoms with van der Waals surface area (Å²) < 4.78 is 1.50. The van der Waals surface area contributed by atoms with E-state index in [0.717, 1.165) is 12.0 Å². The average molecular weight is 453 g/mol. The fraction of sp³-hybridized carbons (Fsp3) is 0.318. The van der Waals surface area contributed by atoms with Gasteiger partial charge in [0, 0.05) is 18.1 Å². The number of nitrogens with zero attached hydrogens (tertiary/aromatic N) is 5. The van der Waals surface area contributed by atoms with E-state index in [0.29, 0.717) is 28.7 Å². The van der Waals surface area contributed by atoms with Crippen LogP contribution in [0.2, 0.25) is 5.02 Å². The maximum atomic E-state index is 13.1. The van der Waals surface area contributed by atoms with Gasteiger partial charge in [0.1, 0.15) is 12.4 Å². The van der Waals surface area contributed by atoms with Gasteiger partial charge in [0.2, 0.25) is 5.91 Å². The first-order valence-electron chi connectivity index (χ1n) is 10.4. The molecule has 0 radical (unpaired) electrons. The fourth-order valence-electron chi connectivity index (χ4n) is 4.44. The number of amides is 2. The highest BCUT2D eigenvalue weighted by atomic mass is 35.5. The van der Waals surface area contributed by atoms with Gasteiger partial charge in [-0.3, -0.25) is 9.59 Å². The molecule has 5 rings (SSSR count). The van der Waals surface area contributed by atoms with Crippen LogP contribution in [0.25, 0.3) is 5.69 Å². The van der Waals surface area contributed by atoms with Crippen molar-refractivity contribution in [3.63, 3.8) is 0 Å². The summed E-state index contributed by atoms with van der Waals surface area (Å²) in [6.45, 7) is 0.685. The quantitative estimate of drug-likeness (QED) is 0.586. The Morgan fingerprint density at radius 3 is 2.78 bits per heavy atom. The largest absolute Gasteiger partial charge is 0.378 e. The number of carbonyl (C=O) groups excluding carboxylic acids is 2. The number of fused-ring (bicyclic) bond motifs is 1. The lowest BCUT2D eigenvalue weighted by atomic mass is 10.1. The number of aliphatic hydroxyl groups excluding tert-OH is 1. The van der Waals surface area contributed by atoms with Gasteiger partial charge < -0.3 is 15.3 Å². The molecule has 32 heavy (non-hydrogen) atoms. The highest BCUT2D eigenvalue weighted by molar-refractivity contribution is 6.30. The molecule has 2 heterocycles. The topological polar surface area (TPSA) is 113 Å². The van der Waals surface area contributed by atoms with Crippen molar-refractivity contribution in [1.82, 2.24) is 30.4 Å². The molecular formula is C22H21ClN6O3. The summed E-state index contributed by atoms with van der Waals surface area (Å²) in [6, 6.07) is 13.4. The van der Waals surface area contributed by atoms with E-state index in [1.807, 2.05) is 6.07 Å². The third-order valence-corrected chi connectivity index (χ3v) is 6.38. The van der Waals surface area contributed by atoms with Crippen LogP contribution in [0.4, 0.5) is 0 Å². The van der Waals surface area contributed by atoms with Crippen LogP contribution in [-0.4, -0.2) is 54.6 Å². The van der Waals surface area contributed by atoms with Crippen molar-refractivity contribution < 1.29 is 14.7 Å².